The number of carbonyl (C=O) groups is 2. The van der Waals surface area contributed by atoms with Crippen LogP contribution in [0, 0.1) is 6.54 Å². The molecule has 17 heavy (non-hydrogen) atoms. The van der Waals surface area contributed by atoms with Crippen molar-refractivity contribution >= 4 is 12.1 Å². The number of ether oxygens (including phenoxy) is 1. The molecular formula is C10H7F3NO3. The van der Waals surface area contributed by atoms with E-state index in [0.29, 0.717) is 0 Å². The van der Waals surface area contributed by atoms with Crippen LogP contribution in [0.4, 0.5) is 18.0 Å². The van der Waals surface area contributed by atoms with E-state index in [9.17, 15) is 22.8 Å². The molecule has 1 aromatic rings. The summed E-state index contributed by atoms with van der Waals surface area (Å²) in [7, 11) is 0. The minimum atomic E-state index is -4.67. The molecule has 1 aromatic carbocycles. The van der Waals surface area contributed by atoms with Gasteiger partial charge in [-0.1, -0.05) is 18.2 Å². The summed E-state index contributed by atoms with van der Waals surface area (Å²) < 4.78 is 39.1. The largest absolute Gasteiger partial charge is 0.415 e. The summed E-state index contributed by atoms with van der Waals surface area (Å²) in [4.78, 5) is 22.0. The topological polar surface area (TPSA) is 55.4 Å². The predicted octanol–water partition coefficient (Wildman–Crippen LogP) is 2.28. The van der Waals surface area contributed by atoms with Crippen LogP contribution >= 0.6 is 0 Å². The van der Waals surface area contributed by atoms with Crippen LogP contribution in [0.25, 0.3) is 0 Å². The van der Waals surface area contributed by atoms with Crippen LogP contribution in [0.2, 0.25) is 0 Å². The lowest BCUT2D eigenvalue weighted by Gasteiger charge is -2.07. The van der Waals surface area contributed by atoms with E-state index < -0.39 is 24.8 Å². The summed E-state index contributed by atoms with van der Waals surface area (Å²) in [6.07, 6.45) is -6.16. The summed E-state index contributed by atoms with van der Waals surface area (Å²) in [6, 6.07) is 7.41. The van der Waals surface area contributed by atoms with Gasteiger partial charge in [0.05, 0.1) is 5.56 Å². The smallest absolute Gasteiger partial charge is 0.373 e. The van der Waals surface area contributed by atoms with Gasteiger partial charge in [0.15, 0.2) is 6.54 Å². The highest BCUT2D eigenvalue weighted by Crippen LogP contribution is 2.16. The highest BCUT2D eigenvalue weighted by atomic mass is 19.4. The number of carbonyl (C=O) groups excluding carboxylic acids is 2. The Kier molecular flexibility index (Phi) is 4.08. The highest BCUT2D eigenvalue weighted by Gasteiger charge is 2.29. The maximum Gasteiger partial charge on any atom is 0.415 e. The Labute approximate surface area is 94.4 Å². The van der Waals surface area contributed by atoms with E-state index in [0.717, 1.165) is 0 Å². The molecule has 0 atom stereocenters. The molecule has 4 nitrogen and oxygen atoms in total. The number of alkyl carbamates (subject to hydrolysis) is 1. The number of esters is 1. The lowest BCUT2D eigenvalue weighted by molar-refractivity contribution is -0.100. The van der Waals surface area contributed by atoms with Gasteiger partial charge in [-0.2, -0.15) is 13.2 Å². The monoisotopic (exact) mass is 246 g/mol. The van der Waals surface area contributed by atoms with Crippen LogP contribution in [0.15, 0.2) is 30.3 Å². The second-order valence-corrected chi connectivity index (χ2v) is 2.87. The first-order valence-electron chi connectivity index (χ1n) is 4.37. The van der Waals surface area contributed by atoms with Crippen LogP contribution in [-0.2, 0) is 4.74 Å². The van der Waals surface area contributed by atoms with Crippen LogP contribution in [-0.4, -0.2) is 18.2 Å². The van der Waals surface area contributed by atoms with Gasteiger partial charge >= 0.3 is 18.2 Å². The normalized spacial score (nSPS) is 10.8. The SMILES string of the molecule is O=C(N[CH]C(F)(F)F)OC(=O)c1ccccc1. The molecule has 1 N–H and O–H groups in total. The summed E-state index contributed by atoms with van der Waals surface area (Å²) in [5, 5.41) is 1.29. The van der Waals surface area contributed by atoms with Crippen molar-refractivity contribution < 1.29 is 27.5 Å². The number of hydrogen-bond acceptors (Lipinski definition) is 3. The third-order valence-electron chi connectivity index (χ3n) is 1.55. The molecule has 0 aliphatic rings. The molecular weight excluding hydrogens is 239 g/mol. The number of alkyl halides is 3. The summed E-state index contributed by atoms with van der Waals surface area (Å²) in [5.41, 5.74) is 0.0645. The van der Waals surface area contributed by atoms with Gasteiger partial charge in [0.25, 0.3) is 0 Å². The zero-order valence-electron chi connectivity index (χ0n) is 8.32. The number of hydrogen-bond donors (Lipinski definition) is 1. The van der Waals surface area contributed by atoms with E-state index in [1.165, 1.54) is 29.6 Å². The third kappa shape index (κ3) is 5.01. The molecule has 0 unspecified atom stereocenters. The third-order valence-corrected chi connectivity index (χ3v) is 1.55. The van der Waals surface area contributed by atoms with Gasteiger partial charge in [0.2, 0.25) is 0 Å². The van der Waals surface area contributed by atoms with E-state index in [1.54, 1.807) is 6.07 Å². The van der Waals surface area contributed by atoms with Crippen molar-refractivity contribution in [2.45, 2.75) is 6.18 Å². The Bertz CT molecular complexity index is 403. The van der Waals surface area contributed by atoms with E-state index in [4.69, 9.17) is 0 Å². The van der Waals surface area contributed by atoms with Crippen LogP contribution in [0.3, 0.4) is 0 Å². The molecule has 0 aliphatic carbocycles. The lowest BCUT2D eigenvalue weighted by Crippen LogP contribution is -2.30. The summed E-state index contributed by atoms with van der Waals surface area (Å²) in [5.74, 6) is -1.03. The first-order valence-corrected chi connectivity index (χ1v) is 4.37. The van der Waals surface area contributed by atoms with Crippen LogP contribution in [0.5, 0.6) is 0 Å². The number of halogens is 3. The molecule has 0 aliphatic heterocycles. The molecule has 91 valence electrons. The van der Waals surface area contributed by atoms with Crippen molar-refractivity contribution in [3.05, 3.63) is 42.4 Å². The van der Waals surface area contributed by atoms with Crippen molar-refractivity contribution in [2.75, 3.05) is 0 Å². The van der Waals surface area contributed by atoms with Crippen molar-refractivity contribution in [3.8, 4) is 0 Å². The van der Waals surface area contributed by atoms with Gasteiger partial charge in [-0.05, 0) is 12.1 Å². The van der Waals surface area contributed by atoms with E-state index in [-0.39, 0.29) is 5.56 Å². The predicted molar refractivity (Wildman–Crippen MR) is 50.7 cm³/mol. The second-order valence-electron chi connectivity index (χ2n) is 2.87. The first-order chi connectivity index (χ1) is 7.88. The summed E-state index contributed by atoms with van der Waals surface area (Å²) >= 11 is 0. The van der Waals surface area contributed by atoms with Gasteiger partial charge in [0.1, 0.15) is 0 Å². The van der Waals surface area contributed by atoms with E-state index >= 15 is 0 Å². The van der Waals surface area contributed by atoms with Gasteiger partial charge in [0, 0.05) is 0 Å². The van der Waals surface area contributed by atoms with Crippen molar-refractivity contribution in [1.29, 1.82) is 0 Å². The fraction of sp³-hybridized carbons (Fsp3) is 0.100. The molecule has 0 heterocycles. The maximum atomic E-state index is 11.7. The van der Waals surface area contributed by atoms with E-state index in [2.05, 4.69) is 4.74 Å². The lowest BCUT2D eigenvalue weighted by atomic mass is 10.2. The van der Waals surface area contributed by atoms with Gasteiger partial charge in [-0.25, -0.2) is 9.59 Å². The Morgan fingerprint density at radius 2 is 1.76 bits per heavy atom. The second kappa shape index (κ2) is 5.33. The fourth-order valence-corrected chi connectivity index (χ4v) is 0.888. The van der Waals surface area contributed by atoms with Crippen molar-refractivity contribution in [2.24, 2.45) is 0 Å². The Hall–Kier alpha value is -2.05. The minimum absolute atomic E-state index is 0.0645. The standard InChI is InChI=1S/C10H7F3NO3/c11-10(12,13)6-14-9(16)17-8(15)7-4-2-1-3-5-7/h1-6H,(H,14,16). The summed E-state index contributed by atoms with van der Waals surface area (Å²) in [6.45, 7) is -0.423. The molecule has 0 spiro atoms. The number of rotatable bonds is 2. The zero-order chi connectivity index (χ0) is 12.9. The molecule has 0 saturated heterocycles. The average molecular weight is 246 g/mol. The van der Waals surface area contributed by atoms with Crippen molar-refractivity contribution in [1.82, 2.24) is 5.32 Å². The highest BCUT2D eigenvalue weighted by molar-refractivity contribution is 5.96. The molecule has 0 fully saturated rings. The molecule has 0 saturated carbocycles. The quantitative estimate of drug-likeness (QED) is 0.643. The van der Waals surface area contributed by atoms with E-state index in [1.807, 2.05) is 0 Å². The van der Waals surface area contributed by atoms with Crippen LogP contribution < -0.4 is 5.32 Å². The number of benzene rings is 1. The molecule has 7 heteroatoms. The van der Waals surface area contributed by atoms with Crippen LogP contribution in [0.1, 0.15) is 10.4 Å². The number of nitrogens with one attached hydrogen (secondary N) is 1. The van der Waals surface area contributed by atoms with Gasteiger partial charge < -0.3 is 10.1 Å². The number of amides is 1. The molecule has 1 radical (unpaired) electrons. The molecule has 0 aromatic heterocycles. The Balaban J connectivity index is 2.45. The fourth-order valence-electron chi connectivity index (χ4n) is 0.888. The van der Waals surface area contributed by atoms with Gasteiger partial charge in [-0.3, -0.25) is 0 Å². The van der Waals surface area contributed by atoms with Gasteiger partial charge in [-0.15, -0.1) is 0 Å². The molecule has 1 rings (SSSR count). The Morgan fingerprint density at radius 3 is 2.29 bits per heavy atom. The zero-order valence-corrected chi connectivity index (χ0v) is 8.32. The molecule has 1 amide bonds. The average Bonchev–Trinajstić information content (AvgIpc) is 2.27. The molecule has 0 bridgehead atoms. The first kappa shape index (κ1) is 13.0. The maximum absolute atomic E-state index is 11.7. The minimum Gasteiger partial charge on any atom is -0.373 e. The van der Waals surface area contributed by atoms with Crippen molar-refractivity contribution in [3.63, 3.8) is 0 Å². The Morgan fingerprint density at radius 1 is 1.18 bits per heavy atom.